The van der Waals surface area contributed by atoms with Crippen LogP contribution in [-0.4, -0.2) is 44.8 Å². The summed E-state index contributed by atoms with van der Waals surface area (Å²) in [6, 6.07) is 9.47. The summed E-state index contributed by atoms with van der Waals surface area (Å²) in [4.78, 5) is 24.6. The smallest absolute Gasteiger partial charge is 0.337 e. The minimum absolute atomic E-state index is 0.00779. The normalized spacial score (nSPS) is 17.4. The SMILES string of the molecule is COC(=O)c1ccc(C)c(NC(=O)[C@H]2CCCN(S(=O)(=O)c3ccc(F)cc3)C2)c1. The Balaban J connectivity index is 1.75. The molecule has 0 unspecified atom stereocenters. The Kier molecular flexibility index (Phi) is 6.52. The molecule has 0 saturated carbocycles. The zero-order valence-electron chi connectivity index (χ0n) is 16.7. The number of ether oxygens (including phenoxy) is 1. The molecule has 0 radical (unpaired) electrons. The molecule has 3 rings (SSSR count). The van der Waals surface area contributed by atoms with Gasteiger partial charge in [-0.05, 0) is 61.7 Å². The van der Waals surface area contributed by atoms with E-state index >= 15 is 0 Å². The maximum atomic E-state index is 13.1. The van der Waals surface area contributed by atoms with Gasteiger partial charge in [-0.3, -0.25) is 4.79 Å². The van der Waals surface area contributed by atoms with Crippen molar-refractivity contribution in [2.45, 2.75) is 24.7 Å². The van der Waals surface area contributed by atoms with E-state index in [-0.39, 0.29) is 17.3 Å². The van der Waals surface area contributed by atoms with E-state index in [9.17, 15) is 22.4 Å². The van der Waals surface area contributed by atoms with Crippen molar-refractivity contribution < 1.29 is 27.1 Å². The Hall–Kier alpha value is -2.78. The molecular weight excluding hydrogens is 411 g/mol. The van der Waals surface area contributed by atoms with Gasteiger partial charge in [-0.1, -0.05) is 6.07 Å². The fraction of sp³-hybridized carbons (Fsp3) is 0.333. The van der Waals surface area contributed by atoms with Crippen molar-refractivity contribution in [2.75, 3.05) is 25.5 Å². The van der Waals surface area contributed by atoms with Crippen LogP contribution in [0.25, 0.3) is 0 Å². The minimum Gasteiger partial charge on any atom is -0.465 e. The quantitative estimate of drug-likeness (QED) is 0.731. The van der Waals surface area contributed by atoms with Crippen LogP contribution in [0, 0.1) is 18.7 Å². The topological polar surface area (TPSA) is 92.8 Å². The number of nitrogens with one attached hydrogen (secondary N) is 1. The van der Waals surface area contributed by atoms with Gasteiger partial charge in [0.15, 0.2) is 0 Å². The molecule has 1 amide bonds. The predicted molar refractivity (Wildman–Crippen MR) is 109 cm³/mol. The lowest BCUT2D eigenvalue weighted by atomic mass is 9.98. The highest BCUT2D eigenvalue weighted by molar-refractivity contribution is 7.89. The van der Waals surface area contributed by atoms with Gasteiger partial charge in [0.05, 0.1) is 23.5 Å². The molecule has 1 fully saturated rings. The molecule has 160 valence electrons. The second kappa shape index (κ2) is 8.93. The van der Waals surface area contributed by atoms with E-state index in [0.717, 1.165) is 17.7 Å². The van der Waals surface area contributed by atoms with Gasteiger partial charge in [0.25, 0.3) is 0 Å². The monoisotopic (exact) mass is 434 g/mol. The third kappa shape index (κ3) is 4.68. The Labute approximate surface area is 174 Å². The second-order valence-electron chi connectivity index (χ2n) is 7.17. The van der Waals surface area contributed by atoms with Crippen molar-refractivity contribution in [1.82, 2.24) is 4.31 Å². The number of nitrogens with zero attached hydrogens (tertiary/aromatic N) is 1. The van der Waals surface area contributed by atoms with Crippen molar-refractivity contribution in [3.8, 4) is 0 Å². The fourth-order valence-electron chi connectivity index (χ4n) is 3.37. The minimum atomic E-state index is -3.82. The van der Waals surface area contributed by atoms with E-state index in [1.54, 1.807) is 19.1 Å². The van der Waals surface area contributed by atoms with Gasteiger partial charge in [0, 0.05) is 18.8 Å². The predicted octanol–water partition coefficient (Wildman–Crippen LogP) is 2.96. The molecule has 1 aliphatic rings. The number of hydrogen-bond acceptors (Lipinski definition) is 5. The number of carbonyl (C=O) groups excluding carboxylic acids is 2. The molecule has 0 bridgehead atoms. The number of halogens is 1. The van der Waals surface area contributed by atoms with Crippen molar-refractivity contribution in [2.24, 2.45) is 5.92 Å². The van der Waals surface area contributed by atoms with E-state index in [2.05, 4.69) is 5.32 Å². The first-order chi connectivity index (χ1) is 14.2. The highest BCUT2D eigenvalue weighted by Gasteiger charge is 2.33. The summed E-state index contributed by atoms with van der Waals surface area (Å²) in [5, 5.41) is 2.80. The molecule has 0 aliphatic carbocycles. The highest BCUT2D eigenvalue weighted by Crippen LogP contribution is 2.26. The molecule has 2 aromatic carbocycles. The van der Waals surface area contributed by atoms with E-state index in [1.807, 2.05) is 0 Å². The van der Waals surface area contributed by atoms with E-state index in [4.69, 9.17) is 4.74 Å². The van der Waals surface area contributed by atoms with Gasteiger partial charge >= 0.3 is 5.97 Å². The number of sulfonamides is 1. The summed E-state index contributed by atoms with van der Waals surface area (Å²) >= 11 is 0. The number of aryl methyl sites for hydroxylation is 1. The Morgan fingerprint density at radius 3 is 2.53 bits per heavy atom. The highest BCUT2D eigenvalue weighted by atomic mass is 32.2. The number of anilines is 1. The number of benzene rings is 2. The standard InChI is InChI=1S/C21H23FN2O5S/c1-14-5-6-15(21(26)29-2)12-19(14)23-20(25)16-4-3-11-24(13-16)30(27,28)18-9-7-17(22)8-10-18/h5-10,12,16H,3-4,11,13H2,1-2H3,(H,23,25)/t16-/m0/s1. The fourth-order valence-corrected chi connectivity index (χ4v) is 4.89. The van der Waals surface area contributed by atoms with E-state index in [0.29, 0.717) is 30.6 Å². The number of rotatable bonds is 5. The number of carbonyl (C=O) groups is 2. The zero-order valence-corrected chi connectivity index (χ0v) is 17.5. The number of piperidine rings is 1. The molecule has 9 heteroatoms. The molecule has 1 heterocycles. The molecule has 30 heavy (non-hydrogen) atoms. The van der Waals surface area contributed by atoms with Gasteiger partial charge in [0.2, 0.25) is 15.9 Å². The molecule has 1 aliphatic heterocycles. The van der Waals surface area contributed by atoms with Crippen molar-refractivity contribution in [1.29, 1.82) is 0 Å². The van der Waals surface area contributed by atoms with E-state index in [1.165, 1.54) is 29.6 Å². The van der Waals surface area contributed by atoms with Crippen LogP contribution >= 0.6 is 0 Å². The van der Waals surface area contributed by atoms with Crippen LogP contribution in [-0.2, 0) is 19.6 Å². The first-order valence-corrected chi connectivity index (χ1v) is 10.9. The molecule has 2 aromatic rings. The summed E-state index contributed by atoms with van der Waals surface area (Å²) in [6.45, 7) is 2.12. The number of methoxy groups -OCH3 is 1. The average Bonchev–Trinajstić information content (AvgIpc) is 2.75. The molecular formula is C21H23FN2O5S. The lowest BCUT2D eigenvalue weighted by Gasteiger charge is -2.31. The summed E-state index contributed by atoms with van der Waals surface area (Å²) in [5.74, 6) is -1.90. The van der Waals surface area contributed by atoms with Crippen LogP contribution in [0.4, 0.5) is 10.1 Å². The maximum absolute atomic E-state index is 13.1. The maximum Gasteiger partial charge on any atom is 0.337 e. The van der Waals surface area contributed by atoms with Crippen LogP contribution in [0.3, 0.4) is 0 Å². The number of hydrogen-bond donors (Lipinski definition) is 1. The van der Waals surface area contributed by atoms with Gasteiger partial charge < -0.3 is 10.1 Å². The molecule has 1 atom stereocenters. The van der Waals surface area contributed by atoms with E-state index < -0.39 is 27.7 Å². The van der Waals surface area contributed by atoms with Crippen LogP contribution in [0.1, 0.15) is 28.8 Å². The average molecular weight is 434 g/mol. The van der Waals surface area contributed by atoms with Crippen LogP contribution in [0.15, 0.2) is 47.4 Å². The van der Waals surface area contributed by atoms with Crippen molar-refractivity contribution >= 4 is 27.6 Å². The van der Waals surface area contributed by atoms with Gasteiger partial charge in [-0.15, -0.1) is 0 Å². The van der Waals surface area contributed by atoms with Gasteiger partial charge in [-0.2, -0.15) is 4.31 Å². The lowest BCUT2D eigenvalue weighted by molar-refractivity contribution is -0.120. The Morgan fingerprint density at radius 2 is 1.87 bits per heavy atom. The molecule has 0 spiro atoms. The summed E-state index contributed by atoms with van der Waals surface area (Å²) in [5.41, 5.74) is 1.55. The molecule has 1 N–H and O–H groups in total. The lowest BCUT2D eigenvalue weighted by Crippen LogP contribution is -2.43. The number of amides is 1. The summed E-state index contributed by atoms with van der Waals surface area (Å²) in [7, 11) is -2.55. The van der Waals surface area contributed by atoms with Crippen LogP contribution in [0.5, 0.6) is 0 Å². The largest absolute Gasteiger partial charge is 0.465 e. The first-order valence-electron chi connectivity index (χ1n) is 9.48. The van der Waals surface area contributed by atoms with Gasteiger partial charge in [-0.25, -0.2) is 17.6 Å². The third-order valence-corrected chi connectivity index (χ3v) is 7.00. The second-order valence-corrected chi connectivity index (χ2v) is 9.10. The van der Waals surface area contributed by atoms with Crippen molar-refractivity contribution in [3.63, 3.8) is 0 Å². The molecule has 1 saturated heterocycles. The van der Waals surface area contributed by atoms with Crippen LogP contribution < -0.4 is 5.32 Å². The zero-order chi connectivity index (χ0) is 21.9. The number of esters is 1. The Morgan fingerprint density at radius 1 is 1.17 bits per heavy atom. The Bertz CT molecular complexity index is 1050. The van der Waals surface area contributed by atoms with Gasteiger partial charge in [0.1, 0.15) is 5.82 Å². The summed E-state index contributed by atoms with van der Waals surface area (Å²) in [6.07, 6.45) is 1.07. The third-order valence-electron chi connectivity index (χ3n) is 5.12. The summed E-state index contributed by atoms with van der Waals surface area (Å²) < 4.78 is 44.8. The molecule has 0 aromatic heterocycles. The van der Waals surface area contributed by atoms with Crippen molar-refractivity contribution in [3.05, 3.63) is 59.4 Å². The molecule has 7 nitrogen and oxygen atoms in total. The first kappa shape index (κ1) is 21.9. The van der Waals surface area contributed by atoms with Crippen LogP contribution in [0.2, 0.25) is 0 Å².